The molecule has 2 aromatic rings. The molecule has 0 aliphatic rings. The van der Waals surface area contributed by atoms with Crippen molar-refractivity contribution < 1.29 is 4.74 Å². The van der Waals surface area contributed by atoms with Crippen molar-refractivity contribution in [1.82, 2.24) is 20.6 Å². The van der Waals surface area contributed by atoms with Gasteiger partial charge in [0.1, 0.15) is 5.75 Å². The zero-order valence-electron chi connectivity index (χ0n) is 8.27. The van der Waals surface area contributed by atoms with E-state index in [2.05, 4.69) is 25.9 Å². The number of ether oxygens (including phenoxy) is 1. The Kier molecular flexibility index (Phi) is 2.77. The van der Waals surface area contributed by atoms with Crippen molar-refractivity contribution in [1.29, 1.82) is 0 Å². The van der Waals surface area contributed by atoms with Crippen molar-refractivity contribution in [2.24, 2.45) is 0 Å². The van der Waals surface area contributed by atoms with Gasteiger partial charge < -0.3 is 10.1 Å². The number of H-pyrrole nitrogens is 1. The number of hydrogen-bond donors (Lipinski definition) is 2. The molecule has 0 bridgehead atoms. The van der Waals surface area contributed by atoms with E-state index >= 15 is 0 Å². The largest absolute Gasteiger partial charge is 0.494 e. The predicted octanol–water partition coefficient (Wildman–Crippen LogP) is 1.34. The van der Waals surface area contributed by atoms with Crippen LogP contribution in [0.2, 0.25) is 0 Å². The van der Waals surface area contributed by atoms with Gasteiger partial charge in [-0.2, -0.15) is 5.21 Å². The number of anilines is 2. The van der Waals surface area contributed by atoms with Crippen LogP contribution >= 0.6 is 0 Å². The quantitative estimate of drug-likeness (QED) is 0.787. The Bertz CT molecular complexity index is 397. The van der Waals surface area contributed by atoms with Gasteiger partial charge in [0.15, 0.2) is 0 Å². The molecule has 0 amide bonds. The Morgan fingerprint density at radius 1 is 1.33 bits per heavy atom. The van der Waals surface area contributed by atoms with E-state index in [1.165, 1.54) is 0 Å². The van der Waals surface area contributed by atoms with Crippen molar-refractivity contribution in [2.45, 2.75) is 6.92 Å². The summed E-state index contributed by atoms with van der Waals surface area (Å²) in [7, 11) is 0. The molecule has 1 aromatic carbocycles. The Labute approximate surface area is 86.7 Å². The van der Waals surface area contributed by atoms with Crippen molar-refractivity contribution in [3.63, 3.8) is 0 Å². The fourth-order valence-electron chi connectivity index (χ4n) is 1.15. The van der Waals surface area contributed by atoms with Crippen LogP contribution in [0.4, 0.5) is 11.6 Å². The lowest BCUT2D eigenvalue weighted by Crippen LogP contribution is -1.94. The summed E-state index contributed by atoms with van der Waals surface area (Å²) in [6, 6.07) is 7.54. The Morgan fingerprint density at radius 2 is 2.13 bits per heavy atom. The fourth-order valence-corrected chi connectivity index (χ4v) is 1.15. The highest BCUT2D eigenvalue weighted by Crippen LogP contribution is 2.17. The normalized spacial score (nSPS) is 9.93. The van der Waals surface area contributed by atoms with Crippen LogP contribution in [0.1, 0.15) is 6.92 Å². The Hall–Kier alpha value is -2.11. The van der Waals surface area contributed by atoms with Gasteiger partial charge in [-0.3, -0.25) is 0 Å². The summed E-state index contributed by atoms with van der Waals surface area (Å²) in [5.74, 6) is 1.29. The lowest BCUT2D eigenvalue weighted by Gasteiger charge is -2.04. The van der Waals surface area contributed by atoms with Crippen LogP contribution in [-0.2, 0) is 0 Å². The van der Waals surface area contributed by atoms with Crippen LogP contribution < -0.4 is 10.1 Å². The molecule has 2 rings (SSSR count). The smallest absolute Gasteiger partial charge is 0.267 e. The summed E-state index contributed by atoms with van der Waals surface area (Å²) in [6.45, 7) is 2.61. The van der Waals surface area contributed by atoms with E-state index in [0.717, 1.165) is 11.4 Å². The van der Waals surface area contributed by atoms with Crippen LogP contribution in [0.15, 0.2) is 24.3 Å². The predicted molar refractivity (Wildman–Crippen MR) is 55.1 cm³/mol. The first kappa shape index (κ1) is 9.45. The summed E-state index contributed by atoms with van der Waals surface area (Å²) in [6.07, 6.45) is 0. The molecule has 2 N–H and O–H groups in total. The van der Waals surface area contributed by atoms with E-state index in [4.69, 9.17) is 4.74 Å². The van der Waals surface area contributed by atoms with E-state index in [-0.39, 0.29) is 0 Å². The topological polar surface area (TPSA) is 75.7 Å². The maximum atomic E-state index is 5.32. The van der Waals surface area contributed by atoms with Crippen molar-refractivity contribution in [2.75, 3.05) is 11.9 Å². The first-order valence-electron chi connectivity index (χ1n) is 4.62. The highest BCUT2D eigenvalue weighted by atomic mass is 16.5. The van der Waals surface area contributed by atoms with Gasteiger partial charge in [-0.25, -0.2) is 0 Å². The van der Waals surface area contributed by atoms with Crippen LogP contribution in [0.3, 0.4) is 0 Å². The average Bonchev–Trinajstić information content (AvgIpc) is 2.74. The molecule has 6 nitrogen and oxygen atoms in total. The molecular formula is C9H11N5O. The molecule has 0 aliphatic carbocycles. The molecular weight excluding hydrogens is 194 g/mol. The van der Waals surface area contributed by atoms with Gasteiger partial charge in [-0.05, 0) is 36.4 Å². The third-order valence-corrected chi connectivity index (χ3v) is 1.77. The zero-order chi connectivity index (χ0) is 10.5. The number of aromatic amines is 1. The molecule has 0 aliphatic heterocycles. The molecule has 0 saturated heterocycles. The van der Waals surface area contributed by atoms with Crippen LogP contribution in [0.5, 0.6) is 5.75 Å². The maximum absolute atomic E-state index is 5.32. The standard InChI is InChI=1S/C9H11N5O/c1-2-15-8-5-3-7(4-6-8)10-9-11-13-14-12-9/h3-6H,2H2,1H3,(H2,10,11,12,13,14). The monoisotopic (exact) mass is 205 g/mol. The lowest BCUT2D eigenvalue weighted by atomic mass is 10.3. The average molecular weight is 205 g/mol. The molecule has 78 valence electrons. The third kappa shape index (κ3) is 2.43. The molecule has 0 atom stereocenters. The van der Waals surface area contributed by atoms with Crippen molar-refractivity contribution in [3.8, 4) is 5.75 Å². The number of aromatic nitrogens is 4. The second-order valence-electron chi connectivity index (χ2n) is 2.82. The molecule has 6 heteroatoms. The molecule has 0 spiro atoms. The van der Waals surface area contributed by atoms with Gasteiger partial charge >= 0.3 is 0 Å². The fraction of sp³-hybridized carbons (Fsp3) is 0.222. The van der Waals surface area contributed by atoms with Crippen LogP contribution in [-0.4, -0.2) is 27.2 Å². The highest BCUT2D eigenvalue weighted by molar-refractivity contribution is 5.53. The van der Waals surface area contributed by atoms with Gasteiger partial charge in [-0.15, -0.1) is 5.10 Å². The number of nitrogens with one attached hydrogen (secondary N) is 2. The van der Waals surface area contributed by atoms with Gasteiger partial charge in [0.25, 0.3) is 5.95 Å². The van der Waals surface area contributed by atoms with E-state index < -0.39 is 0 Å². The second kappa shape index (κ2) is 4.41. The van der Waals surface area contributed by atoms with Gasteiger partial charge in [0.2, 0.25) is 0 Å². The number of rotatable bonds is 4. The van der Waals surface area contributed by atoms with E-state index in [9.17, 15) is 0 Å². The zero-order valence-corrected chi connectivity index (χ0v) is 8.27. The summed E-state index contributed by atoms with van der Waals surface area (Å²) < 4.78 is 5.32. The highest BCUT2D eigenvalue weighted by Gasteiger charge is 1.98. The van der Waals surface area contributed by atoms with Gasteiger partial charge in [-0.1, -0.05) is 5.10 Å². The minimum atomic E-state index is 0.444. The summed E-state index contributed by atoms with van der Waals surface area (Å²) in [5, 5.41) is 16.3. The summed E-state index contributed by atoms with van der Waals surface area (Å²) in [5.41, 5.74) is 0.889. The Balaban J connectivity index is 2.04. The van der Waals surface area contributed by atoms with E-state index in [0.29, 0.717) is 12.6 Å². The van der Waals surface area contributed by atoms with E-state index in [1.54, 1.807) is 0 Å². The minimum absolute atomic E-state index is 0.444. The number of hydrogen-bond acceptors (Lipinski definition) is 5. The first-order valence-corrected chi connectivity index (χ1v) is 4.62. The SMILES string of the molecule is CCOc1ccc(Nc2nn[nH]n2)cc1. The first-order chi connectivity index (χ1) is 7.38. The molecule has 1 aromatic heterocycles. The summed E-state index contributed by atoms with van der Waals surface area (Å²) >= 11 is 0. The molecule has 0 radical (unpaired) electrons. The third-order valence-electron chi connectivity index (χ3n) is 1.77. The summed E-state index contributed by atoms with van der Waals surface area (Å²) in [4.78, 5) is 0. The molecule has 1 heterocycles. The van der Waals surface area contributed by atoms with Crippen molar-refractivity contribution >= 4 is 11.6 Å². The van der Waals surface area contributed by atoms with Crippen LogP contribution in [0, 0.1) is 0 Å². The molecule has 0 unspecified atom stereocenters. The van der Waals surface area contributed by atoms with E-state index in [1.807, 2.05) is 31.2 Å². The number of tetrazole rings is 1. The maximum Gasteiger partial charge on any atom is 0.267 e. The number of benzene rings is 1. The number of nitrogens with zero attached hydrogens (tertiary/aromatic N) is 3. The Morgan fingerprint density at radius 3 is 2.73 bits per heavy atom. The van der Waals surface area contributed by atoms with Crippen molar-refractivity contribution in [3.05, 3.63) is 24.3 Å². The van der Waals surface area contributed by atoms with Gasteiger partial charge in [0, 0.05) is 5.69 Å². The lowest BCUT2D eigenvalue weighted by molar-refractivity contribution is 0.340. The minimum Gasteiger partial charge on any atom is -0.494 e. The molecule has 15 heavy (non-hydrogen) atoms. The van der Waals surface area contributed by atoms with Crippen LogP contribution in [0.25, 0.3) is 0 Å². The van der Waals surface area contributed by atoms with Gasteiger partial charge in [0.05, 0.1) is 6.61 Å². The molecule has 0 fully saturated rings. The molecule has 0 saturated carbocycles. The second-order valence-corrected chi connectivity index (χ2v) is 2.82.